The highest BCUT2D eigenvalue weighted by atomic mass is 19.4. The summed E-state index contributed by atoms with van der Waals surface area (Å²) in [6.07, 6.45) is -3.92. The van der Waals surface area contributed by atoms with E-state index in [1.807, 2.05) is 36.4 Å². The van der Waals surface area contributed by atoms with Crippen molar-refractivity contribution in [3.8, 4) is 28.7 Å². The smallest absolute Gasteiger partial charge is 0.416 e. The fourth-order valence-corrected chi connectivity index (χ4v) is 3.06. The van der Waals surface area contributed by atoms with Gasteiger partial charge < -0.3 is 13.9 Å². The highest BCUT2D eigenvalue weighted by Crippen LogP contribution is 2.32. The first kappa shape index (κ1) is 21.5. The molecular formula is C25H19F3NO3. The molecule has 1 aromatic heterocycles. The topological polar surface area (TPSA) is 44.5 Å². The Balaban J connectivity index is 1.41. The predicted octanol–water partition coefficient (Wildman–Crippen LogP) is 6.88. The van der Waals surface area contributed by atoms with Crippen LogP contribution < -0.4 is 9.47 Å². The van der Waals surface area contributed by atoms with E-state index in [1.165, 1.54) is 12.1 Å². The van der Waals surface area contributed by atoms with E-state index in [-0.39, 0.29) is 5.89 Å². The van der Waals surface area contributed by atoms with Crippen LogP contribution in [0.2, 0.25) is 0 Å². The van der Waals surface area contributed by atoms with Gasteiger partial charge in [-0.05, 0) is 61.5 Å². The van der Waals surface area contributed by atoms with Gasteiger partial charge in [0.2, 0.25) is 5.89 Å². The number of ether oxygens (including phenoxy) is 2. The van der Waals surface area contributed by atoms with Crippen LogP contribution in [0.3, 0.4) is 0 Å². The zero-order valence-electron chi connectivity index (χ0n) is 17.1. The molecule has 0 spiro atoms. The number of hydrogen-bond donors (Lipinski definition) is 0. The zero-order chi connectivity index (χ0) is 22.6. The molecule has 0 fully saturated rings. The van der Waals surface area contributed by atoms with Crippen LogP contribution >= 0.6 is 0 Å². The van der Waals surface area contributed by atoms with Crippen LogP contribution in [0.15, 0.2) is 77.2 Å². The average molecular weight is 438 g/mol. The summed E-state index contributed by atoms with van der Waals surface area (Å²) < 4.78 is 55.7. The predicted molar refractivity (Wildman–Crippen MR) is 113 cm³/mol. The third-order valence-corrected chi connectivity index (χ3v) is 4.70. The van der Waals surface area contributed by atoms with E-state index in [2.05, 4.69) is 11.1 Å². The van der Waals surface area contributed by atoms with Crippen LogP contribution in [0.1, 0.15) is 17.0 Å². The molecular weight excluding hydrogens is 419 g/mol. The molecule has 4 rings (SSSR count). The van der Waals surface area contributed by atoms with E-state index >= 15 is 0 Å². The molecule has 0 aliphatic heterocycles. The molecule has 0 atom stereocenters. The molecule has 1 heterocycles. The van der Waals surface area contributed by atoms with Gasteiger partial charge in [-0.15, -0.1) is 0 Å². The Morgan fingerprint density at radius 2 is 1.72 bits per heavy atom. The van der Waals surface area contributed by atoms with Gasteiger partial charge in [0.05, 0.1) is 17.9 Å². The average Bonchev–Trinajstić information content (AvgIpc) is 3.16. The van der Waals surface area contributed by atoms with E-state index in [9.17, 15) is 13.2 Å². The van der Waals surface area contributed by atoms with Crippen molar-refractivity contribution in [2.45, 2.75) is 19.5 Å². The first-order valence-corrected chi connectivity index (χ1v) is 9.90. The summed E-state index contributed by atoms with van der Waals surface area (Å²) in [5, 5.41) is 0. The second-order valence-corrected chi connectivity index (χ2v) is 6.98. The highest BCUT2D eigenvalue weighted by molar-refractivity contribution is 5.54. The van der Waals surface area contributed by atoms with Crippen LogP contribution in [0.4, 0.5) is 13.2 Å². The summed E-state index contributed by atoms with van der Waals surface area (Å²) in [6, 6.07) is 22.2. The lowest BCUT2D eigenvalue weighted by Gasteiger charge is -2.12. The molecule has 0 unspecified atom stereocenters. The Morgan fingerprint density at radius 3 is 2.41 bits per heavy atom. The van der Waals surface area contributed by atoms with Crippen molar-refractivity contribution in [1.82, 2.24) is 4.98 Å². The van der Waals surface area contributed by atoms with E-state index in [0.717, 1.165) is 12.1 Å². The number of hydrogen-bond acceptors (Lipinski definition) is 4. The lowest BCUT2D eigenvalue weighted by Crippen LogP contribution is -2.04. The minimum atomic E-state index is -4.38. The summed E-state index contributed by atoms with van der Waals surface area (Å²) in [7, 11) is 0. The minimum absolute atomic E-state index is 0.273. The molecule has 1 radical (unpaired) electrons. The molecule has 3 aromatic carbocycles. The second-order valence-electron chi connectivity index (χ2n) is 6.98. The molecule has 163 valence electrons. The van der Waals surface area contributed by atoms with Gasteiger partial charge >= 0.3 is 6.18 Å². The van der Waals surface area contributed by atoms with Crippen molar-refractivity contribution < 1.29 is 27.1 Å². The monoisotopic (exact) mass is 438 g/mol. The maximum absolute atomic E-state index is 12.8. The zero-order valence-corrected chi connectivity index (χ0v) is 17.1. The summed E-state index contributed by atoms with van der Waals surface area (Å²) >= 11 is 0. The van der Waals surface area contributed by atoms with E-state index < -0.39 is 11.7 Å². The molecule has 4 aromatic rings. The number of aromatic nitrogens is 1. The van der Waals surface area contributed by atoms with E-state index in [1.54, 1.807) is 19.1 Å². The first-order chi connectivity index (χ1) is 15.4. The normalized spacial score (nSPS) is 11.4. The number of benzene rings is 3. The molecule has 0 amide bonds. The summed E-state index contributed by atoms with van der Waals surface area (Å²) in [5.41, 5.74) is 0.440. The van der Waals surface area contributed by atoms with Crippen LogP contribution in [0.25, 0.3) is 11.5 Å². The van der Waals surface area contributed by atoms with Gasteiger partial charge in [0, 0.05) is 12.0 Å². The summed E-state index contributed by atoms with van der Waals surface area (Å²) in [5.74, 6) is 2.68. The van der Waals surface area contributed by atoms with Crippen molar-refractivity contribution in [1.29, 1.82) is 0 Å². The van der Waals surface area contributed by atoms with E-state index in [0.29, 0.717) is 47.3 Å². The van der Waals surface area contributed by atoms with Gasteiger partial charge in [-0.2, -0.15) is 13.2 Å². The quantitative estimate of drug-likeness (QED) is 0.315. The number of halogens is 3. The fourth-order valence-electron chi connectivity index (χ4n) is 3.06. The summed E-state index contributed by atoms with van der Waals surface area (Å²) in [6.45, 7) is 2.08. The maximum Gasteiger partial charge on any atom is 0.416 e. The van der Waals surface area contributed by atoms with Crippen LogP contribution in [-0.4, -0.2) is 11.6 Å². The Labute approximate surface area is 183 Å². The number of rotatable bonds is 7. The first-order valence-electron chi connectivity index (χ1n) is 9.90. The van der Waals surface area contributed by atoms with Crippen LogP contribution in [-0.2, 0) is 12.6 Å². The Morgan fingerprint density at radius 1 is 0.969 bits per heavy atom. The molecule has 0 saturated heterocycles. The Hall–Kier alpha value is -3.74. The molecule has 0 aliphatic carbocycles. The molecule has 4 nitrogen and oxygen atoms in total. The number of aryl methyl sites for hydroxylation is 1. The van der Waals surface area contributed by atoms with Gasteiger partial charge in [0.1, 0.15) is 11.5 Å². The number of para-hydroxylation sites is 2. The Bertz CT molecular complexity index is 1170. The minimum Gasteiger partial charge on any atom is -0.489 e. The molecule has 32 heavy (non-hydrogen) atoms. The van der Waals surface area contributed by atoms with Gasteiger partial charge in [-0.25, -0.2) is 4.98 Å². The molecule has 7 heteroatoms. The van der Waals surface area contributed by atoms with Crippen molar-refractivity contribution in [2.24, 2.45) is 0 Å². The van der Waals surface area contributed by atoms with Crippen molar-refractivity contribution in [2.75, 3.05) is 6.61 Å². The number of oxazole rings is 1. The van der Waals surface area contributed by atoms with Crippen molar-refractivity contribution in [3.63, 3.8) is 0 Å². The second kappa shape index (κ2) is 9.18. The van der Waals surface area contributed by atoms with Crippen LogP contribution in [0.5, 0.6) is 17.2 Å². The van der Waals surface area contributed by atoms with Gasteiger partial charge in [-0.3, -0.25) is 0 Å². The third kappa shape index (κ3) is 5.11. The number of alkyl halides is 3. The molecule has 0 saturated carbocycles. The van der Waals surface area contributed by atoms with Gasteiger partial charge in [-0.1, -0.05) is 24.3 Å². The highest BCUT2D eigenvalue weighted by Gasteiger charge is 2.30. The molecule has 0 aliphatic rings. The van der Waals surface area contributed by atoms with Crippen LogP contribution in [0, 0.1) is 13.0 Å². The molecule has 0 N–H and O–H groups in total. The lowest BCUT2D eigenvalue weighted by atomic mass is 10.1. The molecule has 0 bridgehead atoms. The van der Waals surface area contributed by atoms with Gasteiger partial charge in [0.15, 0.2) is 11.5 Å². The largest absolute Gasteiger partial charge is 0.489 e. The van der Waals surface area contributed by atoms with E-state index in [4.69, 9.17) is 13.9 Å². The van der Waals surface area contributed by atoms with Crippen molar-refractivity contribution >= 4 is 0 Å². The summed E-state index contributed by atoms with van der Waals surface area (Å²) in [4.78, 5) is 4.43. The van der Waals surface area contributed by atoms with Crippen molar-refractivity contribution in [3.05, 3.63) is 95.9 Å². The van der Waals surface area contributed by atoms with Gasteiger partial charge in [0.25, 0.3) is 0 Å². The third-order valence-electron chi connectivity index (χ3n) is 4.70. The standard InChI is InChI=1S/C25H19F3NO3/c1-17-21(29-24(31-17)18-11-13-19(14-12-18)25(26,27)28)15-16-30-22-9-5-6-10-23(22)32-20-7-3-2-4-8-20/h2-3,5-14H,15-16H2,1H3. The lowest BCUT2D eigenvalue weighted by molar-refractivity contribution is -0.137. The SMILES string of the molecule is Cc1oc(-c2ccc(C(F)(F)F)cc2)nc1CCOc1ccccc1Oc1c[c]ccc1. The fraction of sp³-hybridized carbons (Fsp3) is 0.160. The maximum atomic E-state index is 12.8. The Kier molecular flexibility index (Phi) is 6.16. The number of nitrogens with zero attached hydrogens (tertiary/aromatic N) is 1.